The molecule has 2 aromatic rings. The van der Waals surface area contributed by atoms with Crippen LogP contribution in [0.15, 0.2) is 45.3 Å². The van der Waals surface area contributed by atoms with Crippen LogP contribution >= 0.6 is 31.9 Å². The van der Waals surface area contributed by atoms with Crippen molar-refractivity contribution in [3.05, 3.63) is 62.3 Å². The van der Waals surface area contributed by atoms with E-state index in [0.29, 0.717) is 20.3 Å². The average Bonchev–Trinajstić information content (AvgIpc) is 2.36. The Bertz CT molecular complexity index is 594. The Balaban J connectivity index is 2.12. The normalized spacial score (nSPS) is 10.3. The van der Waals surface area contributed by atoms with Gasteiger partial charge in [0.2, 0.25) is 0 Å². The molecule has 2 aromatic carbocycles. The van der Waals surface area contributed by atoms with Crippen molar-refractivity contribution in [3.63, 3.8) is 0 Å². The Morgan fingerprint density at radius 2 is 1.95 bits per heavy atom. The molecule has 19 heavy (non-hydrogen) atoms. The van der Waals surface area contributed by atoms with E-state index in [4.69, 9.17) is 4.74 Å². The Labute approximate surface area is 126 Å². The summed E-state index contributed by atoms with van der Waals surface area (Å²) >= 11 is 6.55. The molecule has 0 fully saturated rings. The van der Waals surface area contributed by atoms with E-state index in [1.54, 1.807) is 24.3 Å². The molecule has 0 radical (unpaired) electrons. The molecule has 2 rings (SSSR count). The van der Waals surface area contributed by atoms with Crippen molar-refractivity contribution in [3.8, 4) is 5.75 Å². The summed E-state index contributed by atoms with van der Waals surface area (Å²) in [6, 6.07) is 9.62. The third-order valence-electron chi connectivity index (χ3n) is 2.41. The van der Waals surface area contributed by atoms with E-state index < -0.39 is 0 Å². The van der Waals surface area contributed by atoms with Crippen molar-refractivity contribution in [2.75, 3.05) is 0 Å². The zero-order valence-corrected chi connectivity index (χ0v) is 12.9. The molecular weight excluding hydrogens is 379 g/mol. The molecule has 0 aliphatic carbocycles. The first-order valence-corrected chi connectivity index (χ1v) is 6.99. The third kappa shape index (κ3) is 3.88. The van der Waals surface area contributed by atoms with Crippen LogP contribution in [0, 0.1) is 5.82 Å². The van der Waals surface area contributed by atoms with Gasteiger partial charge in [-0.3, -0.25) is 4.79 Å². The summed E-state index contributed by atoms with van der Waals surface area (Å²) in [5.41, 5.74) is 1.28. The molecule has 0 saturated carbocycles. The predicted molar refractivity (Wildman–Crippen MR) is 78.0 cm³/mol. The zero-order chi connectivity index (χ0) is 13.8. The van der Waals surface area contributed by atoms with Crippen molar-refractivity contribution >= 4 is 38.1 Å². The van der Waals surface area contributed by atoms with Gasteiger partial charge < -0.3 is 4.74 Å². The average molecular weight is 388 g/mol. The Morgan fingerprint density at radius 1 is 1.16 bits per heavy atom. The molecule has 0 aliphatic rings. The highest BCUT2D eigenvalue weighted by Crippen LogP contribution is 2.26. The van der Waals surface area contributed by atoms with Gasteiger partial charge in [-0.2, -0.15) is 0 Å². The van der Waals surface area contributed by atoms with Gasteiger partial charge in [-0.1, -0.05) is 15.9 Å². The van der Waals surface area contributed by atoms with E-state index in [2.05, 4.69) is 31.9 Å². The van der Waals surface area contributed by atoms with Gasteiger partial charge in [-0.25, -0.2) is 4.39 Å². The second-order valence-corrected chi connectivity index (χ2v) is 5.64. The number of rotatable bonds is 4. The van der Waals surface area contributed by atoms with Gasteiger partial charge in [0.15, 0.2) is 0 Å². The number of hydrogen-bond acceptors (Lipinski definition) is 2. The summed E-state index contributed by atoms with van der Waals surface area (Å²) < 4.78 is 20.1. The van der Waals surface area contributed by atoms with E-state index in [9.17, 15) is 9.18 Å². The fraction of sp³-hybridized carbons (Fsp3) is 0.0714. The lowest BCUT2D eigenvalue weighted by atomic mass is 10.2. The molecule has 0 aliphatic heterocycles. The van der Waals surface area contributed by atoms with E-state index in [-0.39, 0.29) is 12.4 Å². The SMILES string of the molecule is O=Cc1ccc(OCc2cc(F)cc(Br)c2)c(Br)c1. The van der Waals surface area contributed by atoms with Crippen molar-refractivity contribution in [2.24, 2.45) is 0 Å². The molecule has 0 amide bonds. The van der Waals surface area contributed by atoms with Gasteiger partial charge in [0.05, 0.1) is 4.47 Å². The number of benzene rings is 2. The van der Waals surface area contributed by atoms with Crippen LogP contribution in [0.1, 0.15) is 15.9 Å². The van der Waals surface area contributed by atoms with Crippen LogP contribution in [0.2, 0.25) is 0 Å². The van der Waals surface area contributed by atoms with Crippen molar-refractivity contribution in [2.45, 2.75) is 6.61 Å². The second-order valence-electron chi connectivity index (χ2n) is 3.87. The van der Waals surface area contributed by atoms with Crippen molar-refractivity contribution in [1.29, 1.82) is 0 Å². The van der Waals surface area contributed by atoms with Crippen LogP contribution in [0.3, 0.4) is 0 Å². The summed E-state index contributed by atoms with van der Waals surface area (Å²) in [5, 5.41) is 0. The van der Waals surface area contributed by atoms with Gasteiger partial charge in [0.25, 0.3) is 0 Å². The summed E-state index contributed by atoms with van der Waals surface area (Å²) in [7, 11) is 0. The highest BCUT2D eigenvalue weighted by Gasteiger charge is 2.04. The Kier molecular flexibility index (Phi) is 4.71. The maximum Gasteiger partial charge on any atom is 0.150 e. The molecule has 0 saturated heterocycles. The first-order chi connectivity index (χ1) is 9.08. The first-order valence-electron chi connectivity index (χ1n) is 5.41. The zero-order valence-electron chi connectivity index (χ0n) is 9.70. The minimum absolute atomic E-state index is 0.245. The number of hydrogen-bond donors (Lipinski definition) is 0. The van der Waals surface area contributed by atoms with Crippen molar-refractivity contribution in [1.82, 2.24) is 0 Å². The van der Waals surface area contributed by atoms with Gasteiger partial charge in [-0.15, -0.1) is 0 Å². The molecule has 2 nitrogen and oxygen atoms in total. The number of ether oxygens (including phenoxy) is 1. The lowest BCUT2D eigenvalue weighted by molar-refractivity contribution is 0.112. The maximum atomic E-state index is 13.2. The maximum absolute atomic E-state index is 13.2. The van der Waals surface area contributed by atoms with Crippen LogP contribution < -0.4 is 4.74 Å². The van der Waals surface area contributed by atoms with Gasteiger partial charge in [0.1, 0.15) is 24.5 Å². The van der Waals surface area contributed by atoms with Gasteiger partial charge in [-0.05, 0) is 57.9 Å². The lowest BCUT2D eigenvalue weighted by Gasteiger charge is -2.09. The quantitative estimate of drug-likeness (QED) is 0.708. The summed E-state index contributed by atoms with van der Waals surface area (Å²) in [5.74, 6) is 0.286. The van der Waals surface area contributed by atoms with E-state index in [0.717, 1.165) is 11.8 Å². The number of halogens is 3. The molecule has 0 unspecified atom stereocenters. The van der Waals surface area contributed by atoms with E-state index in [1.807, 2.05) is 0 Å². The minimum Gasteiger partial charge on any atom is -0.488 e. The molecule has 0 N–H and O–H groups in total. The summed E-state index contributed by atoms with van der Waals surface area (Å²) in [6.45, 7) is 0.245. The Hall–Kier alpha value is -1.20. The number of carbonyl (C=O) groups excluding carboxylic acids is 1. The second kappa shape index (κ2) is 6.30. The minimum atomic E-state index is -0.316. The molecule has 0 heterocycles. The summed E-state index contributed by atoms with van der Waals surface area (Å²) in [6.07, 6.45) is 0.762. The smallest absolute Gasteiger partial charge is 0.150 e. The van der Waals surface area contributed by atoms with Gasteiger partial charge in [0, 0.05) is 10.0 Å². The third-order valence-corrected chi connectivity index (χ3v) is 3.49. The van der Waals surface area contributed by atoms with Crippen LogP contribution in [-0.2, 0) is 6.61 Å². The first kappa shape index (κ1) is 14.2. The Morgan fingerprint density at radius 3 is 2.58 bits per heavy atom. The van der Waals surface area contributed by atoms with Crippen LogP contribution in [0.5, 0.6) is 5.75 Å². The highest BCUT2D eigenvalue weighted by atomic mass is 79.9. The molecule has 5 heteroatoms. The molecule has 0 aromatic heterocycles. The standard InChI is InChI=1S/C14H9Br2FO2/c15-11-3-10(4-12(17)6-11)8-19-14-2-1-9(7-18)5-13(14)16/h1-7H,8H2. The van der Waals surface area contributed by atoms with Crippen LogP contribution in [-0.4, -0.2) is 6.29 Å². The molecule has 0 atom stereocenters. The van der Waals surface area contributed by atoms with Crippen LogP contribution in [0.4, 0.5) is 4.39 Å². The van der Waals surface area contributed by atoms with Crippen LogP contribution in [0.25, 0.3) is 0 Å². The van der Waals surface area contributed by atoms with Crippen molar-refractivity contribution < 1.29 is 13.9 Å². The molecular formula is C14H9Br2FO2. The highest BCUT2D eigenvalue weighted by molar-refractivity contribution is 9.10. The lowest BCUT2D eigenvalue weighted by Crippen LogP contribution is -1.97. The largest absolute Gasteiger partial charge is 0.488 e. The topological polar surface area (TPSA) is 26.3 Å². The molecule has 0 bridgehead atoms. The number of aldehydes is 1. The predicted octanol–water partition coefficient (Wildman–Crippen LogP) is 4.74. The van der Waals surface area contributed by atoms with Gasteiger partial charge >= 0.3 is 0 Å². The van der Waals surface area contributed by atoms with E-state index in [1.165, 1.54) is 12.1 Å². The molecule has 98 valence electrons. The summed E-state index contributed by atoms with van der Waals surface area (Å²) in [4.78, 5) is 10.6. The van der Waals surface area contributed by atoms with E-state index >= 15 is 0 Å². The monoisotopic (exact) mass is 386 g/mol. The molecule has 0 spiro atoms. The fourth-order valence-corrected chi connectivity index (χ4v) is 2.59. The number of carbonyl (C=O) groups is 1. The fourth-order valence-electron chi connectivity index (χ4n) is 1.56.